The Bertz CT molecular complexity index is 356. The Morgan fingerprint density at radius 3 is 2.64 bits per heavy atom. The van der Waals surface area contributed by atoms with Crippen molar-refractivity contribution in [3.05, 3.63) is 30.5 Å². The smallest absolute Gasteiger partial charge is 0.140 e. The van der Waals surface area contributed by atoms with Gasteiger partial charge in [0, 0.05) is 44.4 Å². The number of hydrogen-bond donors (Lipinski definition) is 2. The van der Waals surface area contributed by atoms with Gasteiger partial charge in [0.1, 0.15) is 5.75 Å². The number of fused-ring (bicyclic) bond motifs is 1. The van der Waals surface area contributed by atoms with Gasteiger partial charge in [-0.15, -0.1) is 0 Å². The standard InChI is InChI=1S/C8H7NO.Pb/c10-8-5-9-7-4-2-1-3-6(7)8;/h1-5,9-10H;. The molecule has 4 radical (unpaired) electrons. The Hall–Kier alpha value is -0.518. The van der Waals surface area contributed by atoms with Crippen LogP contribution in [-0.2, 0) is 0 Å². The Labute approximate surface area is 84.4 Å². The molecule has 0 bridgehead atoms. The van der Waals surface area contributed by atoms with E-state index in [1.807, 2.05) is 24.3 Å². The van der Waals surface area contributed by atoms with Gasteiger partial charge in [-0.2, -0.15) is 0 Å². The summed E-state index contributed by atoms with van der Waals surface area (Å²) in [6.07, 6.45) is 1.59. The van der Waals surface area contributed by atoms with Gasteiger partial charge in [-0.25, -0.2) is 0 Å². The van der Waals surface area contributed by atoms with Gasteiger partial charge >= 0.3 is 0 Å². The average Bonchev–Trinajstić information content (AvgIpc) is 2.34. The van der Waals surface area contributed by atoms with Crippen LogP contribution >= 0.6 is 0 Å². The van der Waals surface area contributed by atoms with E-state index in [0.29, 0.717) is 5.75 Å². The molecule has 0 saturated heterocycles. The summed E-state index contributed by atoms with van der Waals surface area (Å²) in [5, 5.41) is 10.1. The van der Waals surface area contributed by atoms with Crippen molar-refractivity contribution in [2.75, 3.05) is 0 Å². The van der Waals surface area contributed by atoms with Crippen molar-refractivity contribution >= 4 is 38.2 Å². The van der Waals surface area contributed by atoms with Crippen LogP contribution in [-0.4, -0.2) is 37.4 Å². The van der Waals surface area contributed by atoms with Crippen molar-refractivity contribution < 1.29 is 5.11 Å². The van der Waals surface area contributed by atoms with Gasteiger partial charge in [-0.05, 0) is 12.1 Å². The summed E-state index contributed by atoms with van der Waals surface area (Å²) in [6.45, 7) is 0. The van der Waals surface area contributed by atoms with Crippen molar-refractivity contribution in [1.29, 1.82) is 0 Å². The summed E-state index contributed by atoms with van der Waals surface area (Å²) in [7, 11) is 0. The van der Waals surface area contributed by atoms with Gasteiger partial charge in [-0.3, -0.25) is 0 Å². The second-order valence-electron chi connectivity index (χ2n) is 2.22. The summed E-state index contributed by atoms with van der Waals surface area (Å²) in [4.78, 5) is 2.94. The number of aromatic hydroxyl groups is 1. The Kier molecular flexibility index (Phi) is 2.54. The van der Waals surface area contributed by atoms with E-state index >= 15 is 0 Å². The minimum Gasteiger partial charge on any atom is -0.506 e. The SMILES string of the molecule is Oc1c[nH]c2ccccc12.[Pb]. The molecule has 0 spiro atoms. The molecule has 1 aromatic carbocycles. The Morgan fingerprint density at radius 1 is 1.18 bits per heavy atom. The van der Waals surface area contributed by atoms with E-state index in [1.54, 1.807) is 6.20 Å². The maximum Gasteiger partial charge on any atom is 0.140 e. The largest absolute Gasteiger partial charge is 0.506 e. The fourth-order valence-corrected chi connectivity index (χ4v) is 1.06. The van der Waals surface area contributed by atoms with Gasteiger partial charge in [0.2, 0.25) is 0 Å². The van der Waals surface area contributed by atoms with E-state index in [2.05, 4.69) is 4.98 Å². The van der Waals surface area contributed by atoms with Gasteiger partial charge in [-0.1, -0.05) is 12.1 Å². The zero-order chi connectivity index (χ0) is 6.97. The normalized spacial score (nSPS) is 9.45. The van der Waals surface area contributed by atoms with E-state index in [1.165, 1.54) is 0 Å². The second-order valence-corrected chi connectivity index (χ2v) is 2.22. The molecule has 1 aromatic heterocycles. The third-order valence-corrected chi connectivity index (χ3v) is 1.57. The number of rotatable bonds is 0. The molecular formula is C8H7NOPb. The Balaban J connectivity index is 0.000000605. The van der Waals surface area contributed by atoms with Crippen LogP contribution in [0.1, 0.15) is 0 Å². The number of aromatic nitrogens is 1. The first-order valence-electron chi connectivity index (χ1n) is 3.13. The van der Waals surface area contributed by atoms with Crippen LogP contribution in [0.15, 0.2) is 30.5 Å². The first-order chi connectivity index (χ1) is 4.88. The maximum absolute atomic E-state index is 9.18. The second kappa shape index (κ2) is 3.25. The molecular weight excluding hydrogens is 333 g/mol. The van der Waals surface area contributed by atoms with Gasteiger partial charge in [0.05, 0.1) is 0 Å². The molecule has 0 aliphatic rings. The van der Waals surface area contributed by atoms with E-state index in [0.717, 1.165) is 10.9 Å². The molecule has 0 amide bonds. The van der Waals surface area contributed by atoms with Gasteiger partial charge < -0.3 is 10.1 Å². The maximum atomic E-state index is 9.18. The number of hydrogen-bond acceptors (Lipinski definition) is 1. The van der Waals surface area contributed by atoms with E-state index in [4.69, 9.17) is 0 Å². The molecule has 0 aliphatic carbocycles. The molecule has 2 rings (SSSR count). The first-order valence-corrected chi connectivity index (χ1v) is 3.13. The number of para-hydroxylation sites is 1. The van der Waals surface area contributed by atoms with E-state index in [-0.39, 0.29) is 27.3 Å². The zero-order valence-electron chi connectivity index (χ0n) is 5.83. The van der Waals surface area contributed by atoms with Crippen LogP contribution in [0.3, 0.4) is 0 Å². The van der Waals surface area contributed by atoms with Crippen LogP contribution in [0.2, 0.25) is 0 Å². The molecule has 0 saturated carbocycles. The summed E-state index contributed by atoms with van der Waals surface area (Å²) < 4.78 is 0. The topological polar surface area (TPSA) is 36.0 Å². The van der Waals surface area contributed by atoms with E-state index < -0.39 is 0 Å². The van der Waals surface area contributed by atoms with Crippen molar-refractivity contribution in [3.63, 3.8) is 0 Å². The van der Waals surface area contributed by atoms with Crippen LogP contribution in [0.25, 0.3) is 10.9 Å². The van der Waals surface area contributed by atoms with Crippen LogP contribution in [0, 0.1) is 0 Å². The molecule has 3 heteroatoms. The third-order valence-electron chi connectivity index (χ3n) is 1.57. The zero-order valence-corrected chi connectivity index (χ0v) is 9.72. The first kappa shape index (κ1) is 8.58. The molecule has 11 heavy (non-hydrogen) atoms. The molecule has 0 unspecified atom stereocenters. The fraction of sp³-hybridized carbons (Fsp3) is 0. The summed E-state index contributed by atoms with van der Waals surface area (Å²) in [6, 6.07) is 7.63. The number of aromatic amines is 1. The minimum atomic E-state index is 0. The van der Waals surface area contributed by atoms with Crippen molar-refractivity contribution in [2.45, 2.75) is 0 Å². The van der Waals surface area contributed by atoms with Crippen molar-refractivity contribution in [3.8, 4) is 5.75 Å². The number of benzene rings is 1. The van der Waals surface area contributed by atoms with Gasteiger partial charge in [0.25, 0.3) is 0 Å². The van der Waals surface area contributed by atoms with Crippen molar-refractivity contribution in [1.82, 2.24) is 4.98 Å². The Morgan fingerprint density at radius 2 is 1.91 bits per heavy atom. The molecule has 0 aliphatic heterocycles. The van der Waals surface area contributed by atoms with Crippen LogP contribution in [0.4, 0.5) is 0 Å². The number of H-pyrrole nitrogens is 1. The molecule has 2 nitrogen and oxygen atoms in total. The minimum absolute atomic E-state index is 0. The fourth-order valence-electron chi connectivity index (χ4n) is 1.06. The molecule has 0 atom stereocenters. The predicted octanol–water partition coefficient (Wildman–Crippen LogP) is 1.49. The monoisotopic (exact) mass is 341 g/mol. The average molecular weight is 340 g/mol. The molecule has 54 valence electrons. The third kappa shape index (κ3) is 1.40. The van der Waals surface area contributed by atoms with Crippen molar-refractivity contribution in [2.24, 2.45) is 0 Å². The van der Waals surface area contributed by atoms with E-state index in [9.17, 15) is 5.11 Å². The number of nitrogens with one attached hydrogen (secondary N) is 1. The molecule has 2 aromatic rings. The molecule has 1 heterocycles. The summed E-state index contributed by atoms with van der Waals surface area (Å²) in [5.41, 5.74) is 0.972. The van der Waals surface area contributed by atoms with Crippen LogP contribution < -0.4 is 0 Å². The predicted molar refractivity (Wildman–Crippen MR) is 45.7 cm³/mol. The van der Waals surface area contributed by atoms with Crippen LogP contribution in [0.5, 0.6) is 5.75 Å². The quantitative estimate of drug-likeness (QED) is 0.701. The molecule has 2 N–H and O–H groups in total. The molecule has 0 fully saturated rings. The summed E-state index contributed by atoms with van der Waals surface area (Å²) >= 11 is 0. The van der Waals surface area contributed by atoms with Gasteiger partial charge in [0.15, 0.2) is 0 Å². The summed E-state index contributed by atoms with van der Waals surface area (Å²) in [5.74, 6) is 0.315.